The molecule has 1 heterocycles. The monoisotopic (exact) mass is 456 g/mol. The molecule has 0 aromatic heterocycles. The second kappa shape index (κ2) is 9.48. The zero-order valence-electron chi connectivity index (χ0n) is 17.4. The number of nitrogens with zero attached hydrogens (tertiary/aromatic N) is 1. The molecule has 32 heavy (non-hydrogen) atoms. The van der Waals surface area contributed by atoms with Gasteiger partial charge in [-0.1, -0.05) is 12.1 Å². The number of para-hydroxylation sites is 1. The molecule has 1 saturated heterocycles. The summed E-state index contributed by atoms with van der Waals surface area (Å²) < 4.78 is 15.9. The number of anilines is 1. The number of hydrogen-bond acceptors (Lipinski definition) is 7. The zero-order valence-corrected chi connectivity index (χ0v) is 18.3. The summed E-state index contributed by atoms with van der Waals surface area (Å²) in [4.78, 5) is 38.3. The highest BCUT2D eigenvalue weighted by molar-refractivity contribution is 7.80. The molecule has 0 aliphatic carbocycles. The van der Waals surface area contributed by atoms with Gasteiger partial charge in [-0.3, -0.25) is 19.8 Å². The Labute approximate surface area is 189 Å². The number of carboxylic acid groups (broad SMARTS) is 1. The molecule has 2 aromatic carbocycles. The van der Waals surface area contributed by atoms with Crippen molar-refractivity contribution in [2.45, 2.75) is 13.0 Å². The molecule has 1 fully saturated rings. The number of rotatable bonds is 7. The van der Waals surface area contributed by atoms with E-state index in [0.717, 1.165) is 0 Å². The maximum absolute atomic E-state index is 13.2. The van der Waals surface area contributed by atoms with E-state index in [2.05, 4.69) is 5.32 Å². The Hall–Kier alpha value is -3.92. The molecule has 3 rings (SSSR count). The number of hydrogen-bond donors (Lipinski definition) is 2. The first-order chi connectivity index (χ1) is 15.3. The molecule has 0 spiro atoms. The summed E-state index contributed by atoms with van der Waals surface area (Å²) in [5, 5.41) is 11.6. The van der Waals surface area contributed by atoms with Crippen LogP contribution in [0.1, 0.15) is 12.5 Å². The van der Waals surface area contributed by atoms with Gasteiger partial charge in [0, 0.05) is 5.56 Å². The number of methoxy groups -OCH3 is 2. The third kappa shape index (κ3) is 4.54. The molecule has 166 valence electrons. The van der Waals surface area contributed by atoms with Crippen molar-refractivity contribution in [1.29, 1.82) is 0 Å². The minimum atomic E-state index is -1.19. The minimum Gasteiger partial charge on any atom is -0.497 e. The number of carbonyl (C=O) groups excluding carboxylic acids is 2. The number of benzene rings is 2. The molecule has 1 atom stereocenters. The number of ether oxygens (including phenoxy) is 3. The lowest BCUT2D eigenvalue weighted by molar-refractivity contribution is -0.144. The Morgan fingerprint density at radius 2 is 1.81 bits per heavy atom. The van der Waals surface area contributed by atoms with E-state index >= 15 is 0 Å². The van der Waals surface area contributed by atoms with Gasteiger partial charge in [-0.2, -0.15) is 0 Å². The van der Waals surface area contributed by atoms with Crippen LogP contribution in [-0.4, -0.2) is 48.3 Å². The van der Waals surface area contributed by atoms with Crippen LogP contribution in [0.5, 0.6) is 17.2 Å². The average molecular weight is 456 g/mol. The number of carboxylic acids is 1. The van der Waals surface area contributed by atoms with Crippen LogP contribution in [0.25, 0.3) is 6.08 Å². The van der Waals surface area contributed by atoms with Crippen LogP contribution in [0, 0.1) is 0 Å². The van der Waals surface area contributed by atoms with Crippen molar-refractivity contribution >= 4 is 46.9 Å². The van der Waals surface area contributed by atoms with Crippen LogP contribution < -0.4 is 24.4 Å². The van der Waals surface area contributed by atoms with E-state index in [4.69, 9.17) is 26.4 Å². The van der Waals surface area contributed by atoms with Crippen LogP contribution in [-0.2, 0) is 14.4 Å². The lowest BCUT2D eigenvalue weighted by Crippen LogP contribution is -2.54. The lowest BCUT2D eigenvalue weighted by Gasteiger charge is -2.29. The molecule has 0 bridgehead atoms. The first-order valence-electron chi connectivity index (χ1n) is 9.38. The maximum atomic E-state index is 13.2. The molecular formula is C22H20N2O7S. The Balaban J connectivity index is 2.05. The van der Waals surface area contributed by atoms with Gasteiger partial charge in [0.15, 0.2) is 22.7 Å². The zero-order chi connectivity index (χ0) is 23.4. The first-order valence-corrected chi connectivity index (χ1v) is 9.79. The average Bonchev–Trinajstić information content (AvgIpc) is 2.77. The first kappa shape index (κ1) is 22.8. The van der Waals surface area contributed by atoms with E-state index in [0.29, 0.717) is 17.0 Å². The van der Waals surface area contributed by atoms with Gasteiger partial charge >= 0.3 is 5.97 Å². The number of amides is 2. The molecule has 0 radical (unpaired) electrons. The Kier molecular flexibility index (Phi) is 6.74. The Morgan fingerprint density at radius 3 is 2.41 bits per heavy atom. The van der Waals surface area contributed by atoms with Crippen LogP contribution in [0.3, 0.4) is 0 Å². The lowest BCUT2D eigenvalue weighted by atomic mass is 10.1. The quantitative estimate of drug-likeness (QED) is 0.371. The van der Waals surface area contributed by atoms with Gasteiger partial charge in [0.25, 0.3) is 11.8 Å². The molecule has 2 N–H and O–H groups in total. The molecular weight excluding hydrogens is 436 g/mol. The van der Waals surface area contributed by atoms with E-state index in [-0.39, 0.29) is 22.2 Å². The molecule has 0 unspecified atom stereocenters. The topological polar surface area (TPSA) is 114 Å². The SMILES string of the molecule is COc1ccc(N2C(=O)/C(=C/c3cccc(OC)c3O[C@H](C)C(=O)O)C(=O)NC2=S)cc1. The normalized spacial score (nSPS) is 15.9. The van der Waals surface area contributed by atoms with Crippen molar-refractivity contribution in [2.24, 2.45) is 0 Å². The molecule has 1 aliphatic heterocycles. The largest absolute Gasteiger partial charge is 0.497 e. The second-order valence-electron chi connectivity index (χ2n) is 6.63. The van der Waals surface area contributed by atoms with E-state index < -0.39 is 23.9 Å². The number of carbonyl (C=O) groups is 3. The fraction of sp³-hybridized carbons (Fsp3) is 0.182. The van der Waals surface area contributed by atoms with Crippen LogP contribution in [0.4, 0.5) is 5.69 Å². The maximum Gasteiger partial charge on any atom is 0.344 e. The Morgan fingerprint density at radius 1 is 1.12 bits per heavy atom. The highest BCUT2D eigenvalue weighted by atomic mass is 32.1. The highest BCUT2D eigenvalue weighted by Crippen LogP contribution is 2.34. The van der Waals surface area contributed by atoms with Gasteiger partial charge in [-0.15, -0.1) is 0 Å². The van der Waals surface area contributed by atoms with Gasteiger partial charge in [0.2, 0.25) is 0 Å². The van der Waals surface area contributed by atoms with Gasteiger partial charge in [0.1, 0.15) is 11.3 Å². The van der Waals surface area contributed by atoms with Gasteiger partial charge < -0.3 is 19.3 Å². The van der Waals surface area contributed by atoms with Crippen molar-refractivity contribution in [3.8, 4) is 17.2 Å². The van der Waals surface area contributed by atoms with Crippen molar-refractivity contribution in [2.75, 3.05) is 19.1 Å². The summed E-state index contributed by atoms with van der Waals surface area (Å²) in [5.74, 6) is -1.60. The van der Waals surface area contributed by atoms with E-state index in [9.17, 15) is 19.5 Å². The second-order valence-corrected chi connectivity index (χ2v) is 7.02. The fourth-order valence-electron chi connectivity index (χ4n) is 2.94. The van der Waals surface area contributed by atoms with Crippen molar-refractivity contribution in [1.82, 2.24) is 5.32 Å². The summed E-state index contributed by atoms with van der Waals surface area (Å²) in [6.45, 7) is 1.36. The summed E-state index contributed by atoms with van der Waals surface area (Å²) in [6, 6.07) is 11.4. The van der Waals surface area contributed by atoms with Crippen molar-refractivity contribution in [3.63, 3.8) is 0 Å². The predicted octanol–water partition coefficient (Wildman–Crippen LogP) is 2.39. The van der Waals surface area contributed by atoms with Crippen LogP contribution >= 0.6 is 12.2 Å². The standard InChI is InChI=1S/C22H20N2O7S/c1-12(21(27)28)31-18-13(5-4-6-17(18)30-3)11-16-19(25)23-22(32)24(20(16)26)14-7-9-15(29-2)10-8-14/h4-12H,1-3H3,(H,27,28)(H,23,25,32)/b16-11+/t12-/m1/s1. The van der Waals surface area contributed by atoms with Crippen molar-refractivity contribution in [3.05, 3.63) is 53.6 Å². The summed E-state index contributed by atoms with van der Waals surface area (Å²) in [6.07, 6.45) is 0.116. The molecule has 1 aliphatic rings. The van der Waals surface area contributed by atoms with Gasteiger partial charge in [0.05, 0.1) is 19.9 Å². The van der Waals surface area contributed by atoms with Crippen molar-refractivity contribution < 1.29 is 33.7 Å². The summed E-state index contributed by atoms with van der Waals surface area (Å²) >= 11 is 5.20. The number of aliphatic carboxylic acids is 1. The van der Waals surface area contributed by atoms with E-state index in [1.807, 2.05) is 0 Å². The number of thiocarbonyl (C=S) groups is 1. The smallest absolute Gasteiger partial charge is 0.344 e. The molecule has 10 heteroatoms. The van der Waals surface area contributed by atoms with E-state index in [1.54, 1.807) is 42.5 Å². The molecule has 0 saturated carbocycles. The predicted molar refractivity (Wildman–Crippen MR) is 120 cm³/mol. The van der Waals surface area contributed by atoms with Crippen LogP contribution in [0.2, 0.25) is 0 Å². The highest BCUT2D eigenvalue weighted by Gasteiger charge is 2.35. The molecule has 9 nitrogen and oxygen atoms in total. The number of nitrogens with one attached hydrogen (secondary N) is 1. The Bertz CT molecular complexity index is 1110. The summed E-state index contributed by atoms with van der Waals surface area (Å²) in [5.41, 5.74) is 0.516. The minimum absolute atomic E-state index is 0.0658. The fourth-order valence-corrected chi connectivity index (χ4v) is 3.22. The van der Waals surface area contributed by atoms with Gasteiger partial charge in [-0.05, 0) is 55.5 Å². The van der Waals surface area contributed by atoms with E-state index in [1.165, 1.54) is 32.1 Å². The summed E-state index contributed by atoms with van der Waals surface area (Å²) in [7, 11) is 2.92. The van der Waals surface area contributed by atoms with Crippen LogP contribution in [0.15, 0.2) is 48.0 Å². The third-order valence-corrected chi connectivity index (χ3v) is 4.89. The molecule has 2 aromatic rings. The van der Waals surface area contributed by atoms with Gasteiger partial charge in [-0.25, -0.2) is 4.79 Å². The molecule has 2 amide bonds. The third-order valence-electron chi connectivity index (χ3n) is 4.60.